The third-order valence-electron chi connectivity index (χ3n) is 4.18. The second-order valence-electron chi connectivity index (χ2n) is 6.14. The molecule has 0 aliphatic heterocycles. The van der Waals surface area contributed by atoms with E-state index in [1.54, 1.807) is 29.2 Å². The number of rotatable bonds is 6. The highest BCUT2D eigenvalue weighted by Crippen LogP contribution is 2.39. The summed E-state index contributed by atoms with van der Waals surface area (Å²) in [5.74, 6) is -1.24. The van der Waals surface area contributed by atoms with Gasteiger partial charge in [0.25, 0.3) is 5.91 Å². The number of nitriles is 2. The molecule has 0 aliphatic carbocycles. The molecule has 0 spiro atoms. The minimum atomic E-state index is -0.582. The summed E-state index contributed by atoms with van der Waals surface area (Å²) in [4.78, 5) is 14.6. The molecular weight excluding hydrogens is 342 g/mol. The van der Waals surface area contributed by atoms with Crippen molar-refractivity contribution in [2.45, 2.75) is 26.7 Å². The van der Waals surface area contributed by atoms with Crippen LogP contribution in [-0.4, -0.2) is 34.1 Å². The largest absolute Gasteiger partial charge is 0.504 e. The summed E-state index contributed by atoms with van der Waals surface area (Å²) < 4.78 is 0. The molecule has 0 saturated heterocycles. The molecule has 0 fully saturated rings. The lowest BCUT2D eigenvalue weighted by Gasteiger charge is -2.22. The zero-order valence-corrected chi connectivity index (χ0v) is 15.4. The average molecular weight is 363 g/mol. The molecule has 0 bridgehead atoms. The zero-order chi connectivity index (χ0) is 20.0. The lowest BCUT2D eigenvalue weighted by Crippen LogP contribution is -2.32. The minimum Gasteiger partial charge on any atom is -0.504 e. The monoisotopic (exact) mass is 363 g/mol. The highest BCUT2D eigenvalue weighted by molar-refractivity contribution is 5.96. The number of hydrogen-bond donors (Lipinski definition) is 2. The second-order valence-corrected chi connectivity index (χ2v) is 6.14. The van der Waals surface area contributed by atoms with Gasteiger partial charge in [0.2, 0.25) is 0 Å². The van der Waals surface area contributed by atoms with Crippen LogP contribution in [0.5, 0.6) is 11.5 Å². The highest BCUT2D eigenvalue weighted by Gasteiger charge is 2.21. The van der Waals surface area contributed by atoms with Crippen LogP contribution in [0.3, 0.4) is 0 Å². The van der Waals surface area contributed by atoms with E-state index < -0.39 is 11.5 Å². The van der Waals surface area contributed by atoms with Crippen LogP contribution in [-0.2, 0) is 0 Å². The number of carbonyl (C=O) groups is 1. The number of phenols is 2. The van der Waals surface area contributed by atoms with E-state index in [2.05, 4.69) is 0 Å². The van der Waals surface area contributed by atoms with Crippen molar-refractivity contribution in [3.63, 3.8) is 0 Å². The molecule has 6 heteroatoms. The fourth-order valence-corrected chi connectivity index (χ4v) is 3.00. The van der Waals surface area contributed by atoms with E-state index >= 15 is 0 Å². The average Bonchev–Trinajstić information content (AvgIpc) is 2.68. The molecule has 0 atom stereocenters. The minimum absolute atomic E-state index is 0.0467. The van der Waals surface area contributed by atoms with Gasteiger partial charge >= 0.3 is 0 Å². The van der Waals surface area contributed by atoms with Gasteiger partial charge in [0.15, 0.2) is 11.5 Å². The molecule has 6 nitrogen and oxygen atoms in total. The summed E-state index contributed by atoms with van der Waals surface area (Å²) in [6.45, 7) is 5.29. The van der Waals surface area contributed by atoms with Gasteiger partial charge in [0.1, 0.15) is 11.6 Å². The molecule has 0 aromatic heterocycles. The molecule has 0 heterocycles. The third kappa shape index (κ3) is 4.02. The number of carbonyl (C=O) groups excluding carboxylic acids is 1. The number of amides is 1. The number of nitrogens with zero attached hydrogens (tertiary/aromatic N) is 3. The lowest BCUT2D eigenvalue weighted by atomic mass is 9.93. The highest BCUT2D eigenvalue weighted by atomic mass is 16.3. The van der Waals surface area contributed by atoms with Crippen molar-refractivity contribution in [1.29, 1.82) is 10.5 Å². The first kappa shape index (κ1) is 19.8. The van der Waals surface area contributed by atoms with Gasteiger partial charge in [-0.25, -0.2) is 0 Å². The van der Waals surface area contributed by atoms with Crippen LogP contribution in [0, 0.1) is 22.7 Å². The van der Waals surface area contributed by atoms with Gasteiger partial charge in [-0.15, -0.1) is 0 Å². The fourth-order valence-electron chi connectivity index (χ4n) is 3.00. The lowest BCUT2D eigenvalue weighted by molar-refractivity contribution is 0.0755. The molecular formula is C21H21N3O3. The van der Waals surface area contributed by atoms with Crippen LogP contribution in [0.2, 0.25) is 0 Å². The summed E-state index contributed by atoms with van der Waals surface area (Å²) in [5.41, 5.74) is 0.940. The molecule has 27 heavy (non-hydrogen) atoms. The fraction of sp³-hybridized carbons (Fsp3) is 0.286. The van der Waals surface area contributed by atoms with E-state index in [1.807, 2.05) is 26.0 Å². The Morgan fingerprint density at radius 3 is 2.30 bits per heavy atom. The van der Waals surface area contributed by atoms with Gasteiger partial charge in [0.05, 0.1) is 11.6 Å². The van der Waals surface area contributed by atoms with Gasteiger partial charge in [-0.05, 0) is 30.5 Å². The topological polar surface area (TPSA) is 108 Å². The third-order valence-corrected chi connectivity index (χ3v) is 4.18. The van der Waals surface area contributed by atoms with Crippen LogP contribution < -0.4 is 0 Å². The van der Waals surface area contributed by atoms with Crippen molar-refractivity contribution < 1.29 is 15.0 Å². The van der Waals surface area contributed by atoms with Gasteiger partial charge in [-0.3, -0.25) is 4.79 Å². The predicted molar refractivity (Wildman–Crippen MR) is 101 cm³/mol. The summed E-state index contributed by atoms with van der Waals surface area (Å²) in [6.07, 6.45) is 1.68. The number of phenolic OH excluding ortho intramolecular Hbond substituents is 2. The quantitative estimate of drug-likeness (QED) is 0.759. The molecule has 1 amide bonds. The first-order chi connectivity index (χ1) is 13.0. The maximum absolute atomic E-state index is 12.8. The Hall–Kier alpha value is -3.51. The van der Waals surface area contributed by atoms with Crippen molar-refractivity contribution in [3.8, 4) is 34.8 Å². The molecule has 138 valence electrons. The summed E-state index contributed by atoms with van der Waals surface area (Å²) in [7, 11) is 0. The van der Waals surface area contributed by atoms with E-state index in [0.717, 1.165) is 18.9 Å². The van der Waals surface area contributed by atoms with Gasteiger partial charge < -0.3 is 15.1 Å². The molecule has 0 unspecified atom stereocenters. The van der Waals surface area contributed by atoms with E-state index in [1.165, 1.54) is 0 Å². The smallest absolute Gasteiger partial charge is 0.253 e. The van der Waals surface area contributed by atoms with Crippen LogP contribution in [0.15, 0.2) is 30.3 Å². The van der Waals surface area contributed by atoms with Gasteiger partial charge in [0, 0.05) is 30.3 Å². The summed E-state index contributed by atoms with van der Waals surface area (Å²) in [5, 5.41) is 38.5. The SMILES string of the molecule is CCCN(CCC)C(=O)c1cccc(-c2c(C#N)cc(O)c(O)c2C#N)c1. The number of benzene rings is 2. The van der Waals surface area contributed by atoms with Crippen LogP contribution in [0.4, 0.5) is 0 Å². The Kier molecular flexibility index (Phi) is 6.41. The molecule has 0 radical (unpaired) electrons. The van der Waals surface area contributed by atoms with E-state index in [0.29, 0.717) is 24.2 Å². The maximum atomic E-state index is 12.8. The van der Waals surface area contributed by atoms with Crippen molar-refractivity contribution in [2.75, 3.05) is 13.1 Å². The molecule has 2 aromatic rings. The Morgan fingerprint density at radius 2 is 1.74 bits per heavy atom. The van der Waals surface area contributed by atoms with Crippen molar-refractivity contribution in [1.82, 2.24) is 4.90 Å². The molecule has 2 rings (SSSR count). The second kappa shape index (κ2) is 8.73. The Bertz CT molecular complexity index is 933. The summed E-state index contributed by atoms with van der Waals surface area (Å²) in [6, 6.07) is 11.5. The molecule has 0 saturated carbocycles. The Morgan fingerprint density at radius 1 is 1.07 bits per heavy atom. The van der Waals surface area contributed by atoms with E-state index in [-0.39, 0.29) is 22.6 Å². The van der Waals surface area contributed by atoms with E-state index in [9.17, 15) is 25.5 Å². The number of hydrogen-bond acceptors (Lipinski definition) is 5. The van der Waals surface area contributed by atoms with E-state index in [4.69, 9.17) is 0 Å². The molecule has 0 aliphatic rings. The Labute approximate surface area is 158 Å². The van der Waals surface area contributed by atoms with Crippen LogP contribution >= 0.6 is 0 Å². The first-order valence-electron chi connectivity index (χ1n) is 8.77. The maximum Gasteiger partial charge on any atom is 0.253 e. The van der Waals surface area contributed by atoms with Crippen LogP contribution in [0.1, 0.15) is 48.2 Å². The van der Waals surface area contributed by atoms with Gasteiger partial charge in [-0.1, -0.05) is 26.0 Å². The van der Waals surface area contributed by atoms with Crippen LogP contribution in [0.25, 0.3) is 11.1 Å². The molecule has 2 N–H and O–H groups in total. The zero-order valence-electron chi connectivity index (χ0n) is 15.4. The van der Waals surface area contributed by atoms with Crippen molar-refractivity contribution >= 4 is 5.91 Å². The summed E-state index contributed by atoms with van der Waals surface area (Å²) >= 11 is 0. The predicted octanol–water partition coefficient (Wildman–Crippen LogP) is 3.77. The van der Waals surface area contributed by atoms with Crippen molar-refractivity contribution in [2.24, 2.45) is 0 Å². The normalized spacial score (nSPS) is 10.1. The Balaban J connectivity index is 2.60. The van der Waals surface area contributed by atoms with Crippen molar-refractivity contribution in [3.05, 3.63) is 47.0 Å². The standard InChI is InChI=1S/C21H21N3O3/c1-3-8-24(9-4-2)21(27)15-7-5-6-14(10-15)19-16(12-22)11-18(25)20(26)17(19)13-23/h5-7,10-11,25-26H,3-4,8-9H2,1-2H3. The molecule has 2 aromatic carbocycles. The van der Waals surface area contributed by atoms with Gasteiger partial charge in [-0.2, -0.15) is 10.5 Å². The number of aromatic hydroxyl groups is 2. The first-order valence-corrected chi connectivity index (χ1v) is 8.77.